The van der Waals surface area contributed by atoms with Crippen LogP contribution in [-0.2, 0) is 9.59 Å². The van der Waals surface area contributed by atoms with Crippen molar-refractivity contribution in [3.63, 3.8) is 0 Å². The third kappa shape index (κ3) is 47.8. The number of carboxylic acids is 2. The summed E-state index contributed by atoms with van der Waals surface area (Å²) in [6.07, 6.45) is 20.9. The van der Waals surface area contributed by atoms with Crippen LogP contribution in [0, 0.1) is 5.92 Å². The molecule has 0 aromatic carbocycles. The molecule has 0 saturated heterocycles. The van der Waals surface area contributed by atoms with Crippen molar-refractivity contribution in [2.24, 2.45) is 5.92 Å². The summed E-state index contributed by atoms with van der Waals surface area (Å²) in [4.78, 5) is 19.1. The first kappa shape index (κ1) is 36.7. The predicted molar refractivity (Wildman–Crippen MR) is 139 cm³/mol. The molecule has 6 heteroatoms. The fourth-order valence-electron chi connectivity index (χ4n) is 3.01. The Kier molecular flexibility index (Phi) is 38.1. The van der Waals surface area contributed by atoms with E-state index in [2.05, 4.69) is 40.3 Å². The summed E-state index contributed by atoms with van der Waals surface area (Å²) in [6.45, 7) is 8.88. The fourth-order valence-corrected chi connectivity index (χ4v) is 6.58. The van der Waals surface area contributed by atoms with Gasteiger partial charge in [0.05, 0.1) is 5.97 Å². The van der Waals surface area contributed by atoms with E-state index in [4.69, 9.17) is 0 Å². The normalized spacial score (nSPS) is 9.94. The second-order valence-electron chi connectivity index (χ2n) is 8.83. The molecule has 0 spiro atoms. The van der Waals surface area contributed by atoms with Gasteiger partial charge in [-0.15, -0.1) is 0 Å². The molecule has 0 unspecified atom stereocenters. The van der Waals surface area contributed by atoms with Gasteiger partial charge in [-0.2, -0.15) is 12.6 Å². The van der Waals surface area contributed by atoms with E-state index >= 15 is 0 Å². The standard InChI is InChI=1S/C8H16O2.2C8H17.C2H4O2S.Sn/c1-7(2)5-3-4-6-8(9)10;2*1-3-5-7-8-6-4-2;3-2(4)1-5;/h7H,3-6H2,1-2H3,(H,9,10);2*1,3-8H2,2H3;5H,1H2,(H,3,4);/q;;;;+2/p-2. The minimum atomic E-state index is -1.13. The van der Waals surface area contributed by atoms with Crippen LogP contribution in [0.1, 0.15) is 130 Å². The number of carboxylic acid groups (broad SMARTS) is 2. The second-order valence-corrected chi connectivity index (χ2v) is 13.4. The average Bonchev–Trinajstić information content (AvgIpc) is 2.75. The van der Waals surface area contributed by atoms with Crippen LogP contribution in [0.25, 0.3) is 0 Å². The first-order chi connectivity index (χ1) is 15.3. The summed E-state index contributed by atoms with van der Waals surface area (Å²) in [5.41, 5.74) is 0. The molecule has 0 aliphatic carbocycles. The van der Waals surface area contributed by atoms with E-state index in [1.54, 1.807) is 21.7 Å². The minimum absolute atomic E-state index is 0.0736. The van der Waals surface area contributed by atoms with Crippen LogP contribution in [0.15, 0.2) is 0 Å². The van der Waals surface area contributed by atoms with Crippen molar-refractivity contribution in [1.82, 2.24) is 0 Å². The number of carbonyl (C=O) groups is 2. The fraction of sp³-hybridized carbons (Fsp3) is 0.923. The van der Waals surface area contributed by atoms with E-state index in [9.17, 15) is 19.8 Å². The molecule has 0 amide bonds. The van der Waals surface area contributed by atoms with Gasteiger partial charge < -0.3 is 19.8 Å². The monoisotopic (exact) mass is 580 g/mol. The number of thiol groups is 1. The van der Waals surface area contributed by atoms with Crippen LogP contribution in [0.5, 0.6) is 0 Å². The average molecular weight is 579 g/mol. The van der Waals surface area contributed by atoms with Crippen molar-refractivity contribution in [3.05, 3.63) is 0 Å². The van der Waals surface area contributed by atoms with E-state index in [1.165, 1.54) is 64.2 Å². The van der Waals surface area contributed by atoms with Crippen molar-refractivity contribution in [2.45, 2.75) is 139 Å². The molecule has 32 heavy (non-hydrogen) atoms. The number of unbranched alkanes of at least 4 members (excludes halogenated alkanes) is 11. The number of aliphatic carboxylic acids is 2. The summed E-state index contributed by atoms with van der Waals surface area (Å²) >= 11 is 3.43. The van der Waals surface area contributed by atoms with Crippen LogP contribution < -0.4 is 10.2 Å². The van der Waals surface area contributed by atoms with Gasteiger partial charge in [0.25, 0.3) is 0 Å². The Morgan fingerprint density at radius 2 is 1.09 bits per heavy atom. The number of hydrogen-bond acceptors (Lipinski definition) is 5. The van der Waals surface area contributed by atoms with E-state index in [1.807, 2.05) is 0 Å². The number of carbonyl (C=O) groups excluding carboxylic acids is 2. The Morgan fingerprint density at radius 3 is 1.44 bits per heavy atom. The Labute approximate surface area is 215 Å². The van der Waals surface area contributed by atoms with Gasteiger partial charge in [-0.05, 0) is 18.8 Å². The van der Waals surface area contributed by atoms with E-state index in [-0.39, 0.29) is 33.3 Å². The van der Waals surface area contributed by atoms with Gasteiger partial charge in [-0.1, -0.05) is 26.7 Å². The van der Waals surface area contributed by atoms with Gasteiger partial charge >= 0.3 is 121 Å². The first-order valence-electron chi connectivity index (χ1n) is 13.0. The maximum Gasteiger partial charge on any atom is 0.0510 e. The van der Waals surface area contributed by atoms with Crippen LogP contribution in [0.3, 0.4) is 0 Å². The van der Waals surface area contributed by atoms with Gasteiger partial charge in [-0.3, -0.25) is 0 Å². The quantitative estimate of drug-likeness (QED) is 0.111. The molecule has 0 aromatic heterocycles. The summed E-state index contributed by atoms with van der Waals surface area (Å²) < 4.78 is 3.31. The minimum Gasteiger partial charge on any atom is -0.549 e. The van der Waals surface area contributed by atoms with Crippen molar-refractivity contribution >= 4 is 45.7 Å². The molecule has 0 radical (unpaired) electrons. The summed E-state index contributed by atoms with van der Waals surface area (Å²) in [7, 11) is 0. The summed E-state index contributed by atoms with van der Waals surface area (Å²) in [5, 5.41) is 19.1. The molecule has 0 heterocycles. The van der Waals surface area contributed by atoms with E-state index < -0.39 is 11.9 Å². The molecule has 0 aromatic rings. The maximum absolute atomic E-state index is 9.93. The maximum atomic E-state index is 9.93. The molecule has 0 saturated carbocycles. The Hall–Kier alpha value is 0.0887. The Morgan fingerprint density at radius 1 is 0.688 bits per heavy atom. The van der Waals surface area contributed by atoms with Crippen LogP contribution in [0.4, 0.5) is 0 Å². The van der Waals surface area contributed by atoms with Gasteiger partial charge in [0, 0.05) is 11.7 Å². The van der Waals surface area contributed by atoms with Gasteiger partial charge in [0.2, 0.25) is 0 Å². The molecular formula is C26H52O4SSn. The van der Waals surface area contributed by atoms with Crippen molar-refractivity contribution in [2.75, 3.05) is 5.75 Å². The SMILES string of the molecule is CC(C)CCCCC(=O)[O-].CCCCCCC[CH2][Sn+2][CH2]CCCCCCC.O=C([O-])CS. The van der Waals surface area contributed by atoms with Crippen LogP contribution in [0.2, 0.25) is 8.87 Å². The molecule has 0 rings (SSSR count). The van der Waals surface area contributed by atoms with Gasteiger partial charge in [0.1, 0.15) is 0 Å². The van der Waals surface area contributed by atoms with Gasteiger partial charge in [-0.25, -0.2) is 0 Å². The van der Waals surface area contributed by atoms with Crippen molar-refractivity contribution in [1.29, 1.82) is 0 Å². The molecule has 0 aliphatic heterocycles. The van der Waals surface area contributed by atoms with Crippen LogP contribution >= 0.6 is 12.6 Å². The number of hydrogen-bond donors (Lipinski definition) is 1. The largest absolute Gasteiger partial charge is 0.549 e. The van der Waals surface area contributed by atoms with Crippen molar-refractivity contribution < 1.29 is 19.8 Å². The zero-order valence-corrected chi connectivity index (χ0v) is 25.3. The molecule has 0 N–H and O–H groups in total. The summed E-state index contributed by atoms with van der Waals surface area (Å²) in [6, 6.07) is 0. The van der Waals surface area contributed by atoms with Gasteiger partial charge in [0.15, 0.2) is 0 Å². The molecule has 190 valence electrons. The van der Waals surface area contributed by atoms with E-state index in [0.717, 1.165) is 19.3 Å². The predicted octanol–water partition coefficient (Wildman–Crippen LogP) is 5.87. The zero-order chi connectivity index (χ0) is 24.9. The molecule has 4 nitrogen and oxygen atoms in total. The van der Waals surface area contributed by atoms with Crippen LogP contribution in [-0.4, -0.2) is 38.8 Å². The third-order valence-corrected chi connectivity index (χ3v) is 9.25. The topological polar surface area (TPSA) is 80.3 Å². The smallest absolute Gasteiger partial charge is 0.0510 e. The second kappa shape index (κ2) is 33.3. The Bertz CT molecular complexity index is 365. The molecule has 0 atom stereocenters. The molecular weight excluding hydrogens is 527 g/mol. The summed E-state index contributed by atoms with van der Waals surface area (Å²) in [5.74, 6) is -1.57. The Balaban J connectivity index is -0.000000471. The third-order valence-electron chi connectivity index (χ3n) is 4.96. The number of rotatable bonds is 20. The zero-order valence-electron chi connectivity index (χ0n) is 21.6. The molecule has 0 aliphatic rings. The molecule has 0 bridgehead atoms. The first-order valence-corrected chi connectivity index (χ1v) is 17.7. The van der Waals surface area contributed by atoms with E-state index in [0.29, 0.717) is 5.92 Å². The molecule has 0 fully saturated rings. The van der Waals surface area contributed by atoms with Crippen molar-refractivity contribution in [3.8, 4) is 0 Å².